The van der Waals surface area contributed by atoms with Gasteiger partial charge in [-0.25, -0.2) is 0 Å². The van der Waals surface area contributed by atoms with Gasteiger partial charge < -0.3 is 5.32 Å². The Balaban J connectivity index is 1.89. The molecule has 112 valence electrons. The molecule has 3 rings (SSSR count). The van der Waals surface area contributed by atoms with Gasteiger partial charge in [0.1, 0.15) is 4.88 Å². The predicted octanol–water partition coefficient (Wildman–Crippen LogP) is 5.68. The van der Waals surface area contributed by atoms with Crippen LogP contribution >= 0.6 is 22.9 Å². The zero-order valence-corrected chi connectivity index (χ0v) is 14.0. The Hall–Kier alpha value is -1.84. The van der Waals surface area contributed by atoms with Crippen LogP contribution in [-0.2, 0) is 6.42 Å². The molecule has 0 aliphatic carbocycles. The Morgan fingerprint density at radius 3 is 2.59 bits per heavy atom. The first-order chi connectivity index (χ1) is 10.6. The number of aryl methyl sites for hydroxylation is 2. The molecule has 0 spiro atoms. The monoisotopic (exact) mass is 329 g/mol. The van der Waals surface area contributed by atoms with Gasteiger partial charge in [0.05, 0.1) is 5.02 Å². The van der Waals surface area contributed by atoms with Gasteiger partial charge in [0.2, 0.25) is 0 Å². The molecule has 4 heteroatoms. The highest BCUT2D eigenvalue weighted by atomic mass is 35.5. The number of nitrogens with one attached hydrogen (secondary N) is 1. The Labute approximate surface area is 138 Å². The molecule has 0 aliphatic rings. The van der Waals surface area contributed by atoms with E-state index in [9.17, 15) is 4.79 Å². The van der Waals surface area contributed by atoms with Crippen molar-refractivity contribution in [3.8, 4) is 0 Å². The number of thiophene rings is 1. The summed E-state index contributed by atoms with van der Waals surface area (Å²) >= 11 is 7.80. The third-order valence-electron chi connectivity index (χ3n) is 3.61. The van der Waals surface area contributed by atoms with E-state index < -0.39 is 0 Å². The summed E-state index contributed by atoms with van der Waals surface area (Å²) in [7, 11) is 0. The van der Waals surface area contributed by atoms with E-state index in [2.05, 4.69) is 18.3 Å². The zero-order valence-electron chi connectivity index (χ0n) is 12.4. The molecule has 0 radical (unpaired) electrons. The summed E-state index contributed by atoms with van der Waals surface area (Å²) in [6, 6.07) is 13.9. The minimum absolute atomic E-state index is 0.159. The molecule has 0 fully saturated rings. The van der Waals surface area contributed by atoms with Crippen molar-refractivity contribution < 1.29 is 4.79 Å². The maximum absolute atomic E-state index is 12.5. The van der Waals surface area contributed by atoms with Crippen LogP contribution in [0.5, 0.6) is 0 Å². The van der Waals surface area contributed by atoms with Gasteiger partial charge in [0.25, 0.3) is 5.91 Å². The summed E-state index contributed by atoms with van der Waals surface area (Å²) in [4.78, 5) is 13.0. The maximum Gasteiger partial charge on any atom is 0.267 e. The first-order valence-corrected chi connectivity index (χ1v) is 8.37. The van der Waals surface area contributed by atoms with Crippen LogP contribution in [0.15, 0.2) is 42.5 Å². The van der Waals surface area contributed by atoms with E-state index >= 15 is 0 Å². The molecule has 0 aliphatic heterocycles. The van der Waals surface area contributed by atoms with E-state index in [0.29, 0.717) is 9.90 Å². The molecular weight excluding hydrogens is 314 g/mol. The summed E-state index contributed by atoms with van der Waals surface area (Å²) in [6.45, 7) is 4.13. The largest absolute Gasteiger partial charge is 0.321 e. The summed E-state index contributed by atoms with van der Waals surface area (Å²) in [5.41, 5.74) is 3.19. The molecule has 22 heavy (non-hydrogen) atoms. The summed E-state index contributed by atoms with van der Waals surface area (Å²) in [5, 5.41) is 4.38. The normalized spacial score (nSPS) is 10.9. The molecule has 0 unspecified atom stereocenters. The minimum atomic E-state index is -0.159. The molecule has 0 atom stereocenters. The predicted molar refractivity (Wildman–Crippen MR) is 95.3 cm³/mol. The van der Waals surface area contributed by atoms with Gasteiger partial charge in [-0.05, 0) is 42.7 Å². The average Bonchev–Trinajstić information content (AvgIpc) is 2.84. The van der Waals surface area contributed by atoms with Gasteiger partial charge in [-0.1, -0.05) is 42.8 Å². The molecule has 3 aromatic rings. The van der Waals surface area contributed by atoms with Crippen molar-refractivity contribution in [1.82, 2.24) is 0 Å². The number of hydrogen-bond acceptors (Lipinski definition) is 2. The number of carbonyl (C=O) groups is 1. The number of fused-ring (bicyclic) bond motifs is 1. The van der Waals surface area contributed by atoms with Crippen LogP contribution in [0.3, 0.4) is 0 Å². The average molecular weight is 330 g/mol. The Morgan fingerprint density at radius 2 is 1.91 bits per heavy atom. The Kier molecular flexibility index (Phi) is 4.19. The molecule has 1 aromatic heterocycles. The van der Waals surface area contributed by atoms with Crippen LogP contribution in [0.4, 0.5) is 5.69 Å². The lowest BCUT2D eigenvalue weighted by Crippen LogP contribution is -2.10. The van der Waals surface area contributed by atoms with Gasteiger partial charge in [-0.3, -0.25) is 4.79 Å². The van der Waals surface area contributed by atoms with Crippen LogP contribution in [0.25, 0.3) is 10.1 Å². The van der Waals surface area contributed by atoms with Crippen molar-refractivity contribution >= 4 is 44.6 Å². The summed E-state index contributed by atoms with van der Waals surface area (Å²) in [5.74, 6) is -0.159. The lowest BCUT2D eigenvalue weighted by molar-refractivity contribution is 0.103. The van der Waals surface area contributed by atoms with Crippen molar-refractivity contribution in [3.63, 3.8) is 0 Å². The fraction of sp³-hybridized carbons (Fsp3) is 0.167. The van der Waals surface area contributed by atoms with Gasteiger partial charge in [-0.15, -0.1) is 11.3 Å². The molecule has 1 N–H and O–H groups in total. The summed E-state index contributed by atoms with van der Waals surface area (Å²) in [6.07, 6.45) is 0.982. The van der Waals surface area contributed by atoms with Gasteiger partial charge >= 0.3 is 0 Å². The highest BCUT2D eigenvalue weighted by molar-refractivity contribution is 7.21. The third kappa shape index (κ3) is 2.87. The smallest absolute Gasteiger partial charge is 0.267 e. The highest BCUT2D eigenvalue weighted by Crippen LogP contribution is 2.36. The van der Waals surface area contributed by atoms with Crippen LogP contribution in [0.2, 0.25) is 5.02 Å². The van der Waals surface area contributed by atoms with Gasteiger partial charge in [-0.2, -0.15) is 0 Å². The second-order valence-corrected chi connectivity index (χ2v) is 6.68. The molecule has 2 aromatic carbocycles. The minimum Gasteiger partial charge on any atom is -0.321 e. The van der Waals surface area contributed by atoms with Crippen molar-refractivity contribution in [1.29, 1.82) is 0 Å². The second kappa shape index (κ2) is 6.11. The fourth-order valence-electron chi connectivity index (χ4n) is 2.33. The number of rotatable bonds is 3. The van der Waals surface area contributed by atoms with E-state index in [1.54, 1.807) is 0 Å². The number of halogens is 1. The molecule has 0 saturated heterocycles. The van der Waals surface area contributed by atoms with Gasteiger partial charge in [0, 0.05) is 15.8 Å². The lowest BCUT2D eigenvalue weighted by atomic mass is 10.1. The summed E-state index contributed by atoms with van der Waals surface area (Å²) < 4.78 is 1.04. The van der Waals surface area contributed by atoms with Crippen LogP contribution in [0.1, 0.15) is 27.7 Å². The quantitative estimate of drug-likeness (QED) is 0.658. The van der Waals surface area contributed by atoms with Crippen LogP contribution in [0, 0.1) is 6.92 Å². The molecule has 2 nitrogen and oxygen atoms in total. The number of hydrogen-bond donors (Lipinski definition) is 1. The van der Waals surface area contributed by atoms with Crippen LogP contribution in [-0.4, -0.2) is 5.91 Å². The SMILES string of the molecule is CCc1ccc(NC(=O)c2sc3cc(C)ccc3c2Cl)cc1. The Morgan fingerprint density at radius 1 is 1.18 bits per heavy atom. The van der Waals surface area contributed by atoms with Crippen molar-refractivity contribution in [2.45, 2.75) is 20.3 Å². The molecular formula is C18H16ClNOS. The number of carbonyl (C=O) groups excluding carboxylic acids is 1. The first kappa shape index (κ1) is 15.1. The standard InChI is InChI=1S/C18H16ClNOS/c1-3-12-5-7-13(8-6-12)20-18(21)17-16(19)14-9-4-11(2)10-15(14)22-17/h4-10H,3H2,1-2H3,(H,20,21). The van der Waals surface area contributed by atoms with E-state index in [4.69, 9.17) is 11.6 Å². The lowest BCUT2D eigenvalue weighted by Gasteiger charge is -2.05. The van der Waals surface area contributed by atoms with E-state index in [-0.39, 0.29) is 5.91 Å². The van der Waals surface area contributed by atoms with Crippen molar-refractivity contribution in [2.24, 2.45) is 0 Å². The van der Waals surface area contributed by atoms with E-state index in [1.807, 2.05) is 43.3 Å². The fourth-order valence-corrected chi connectivity index (χ4v) is 3.84. The van der Waals surface area contributed by atoms with E-state index in [1.165, 1.54) is 16.9 Å². The second-order valence-electron chi connectivity index (χ2n) is 5.25. The topological polar surface area (TPSA) is 29.1 Å². The first-order valence-electron chi connectivity index (χ1n) is 7.17. The zero-order chi connectivity index (χ0) is 15.7. The van der Waals surface area contributed by atoms with Crippen molar-refractivity contribution in [3.05, 3.63) is 63.5 Å². The number of benzene rings is 2. The highest BCUT2D eigenvalue weighted by Gasteiger charge is 2.17. The Bertz CT molecular complexity index is 836. The molecule has 1 heterocycles. The van der Waals surface area contributed by atoms with Gasteiger partial charge in [0.15, 0.2) is 0 Å². The van der Waals surface area contributed by atoms with Crippen LogP contribution < -0.4 is 5.32 Å². The number of amides is 1. The molecule has 1 amide bonds. The van der Waals surface area contributed by atoms with E-state index in [0.717, 1.165) is 27.8 Å². The molecule has 0 bridgehead atoms. The van der Waals surface area contributed by atoms with Crippen molar-refractivity contribution in [2.75, 3.05) is 5.32 Å². The maximum atomic E-state index is 12.5. The third-order valence-corrected chi connectivity index (χ3v) is 5.27. The molecule has 0 saturated carbocycles. The number of anilines is 1.